The average Bonchev–Trinajstić information content (AvgIpc) is 2.80. The Morgan fingerprint density at radius 1 is 1.39 bits per heavy atom. The van der Waals surface area contributed by atoms with Crippen molar-refractivity contribution >= 4 is 29.1 Å². The number of hydrogen-bond acceptors (Lipinski definition) is 7. The predicted molar refractivity (Wildman–Crippen MR) is 125 cm³/mol. The Morgan fingerprint density at radius 3 is 3.00 bits per heavy atom. The molecule has 0 spiro atoms. The molecule has 2 aliphatic rings. The summed E-state index contributed by atoms with van der Waals surface area (Å²) in [6.07, 6.45) is 3.03. The maximum atomic E-state index is 14.4. The van der Waals surface area contributed by atoms with Crippen LogP contribution < -0.4 is 16.0 Å². The van der Waals surface area contributed by atoms with Gasteiger partial charge in [-0.05, 0) is 51.4 Å². The minimum atomic E-state index is -0.488. The first-order valence-corrected chi connectivity index (χ1v) is 11.5. The van der Waals surface area contributed by atoms with E-state index in [0.29, 0.717) is 48.4 Å². The van der Waals surface area contributed by atoms with Crippen LogP contribution in [0.15, 0.2) is 24.4 Å². The van der Waals surface area contributed by atoms with Gasteiger partial charge in [-0.2, -0.15) is 0 Å². The van der Waals surface area contributed by atoms with Gasteiger partial charge in [-0.15, -0.1) is 0 Å². The molecule has 4 rings (SSSR count). The Hall–Kier alpha value is -2.33. The van der Waals surface area contributed by atoms with Gasteiger partial charge in [0.05, 0.1) is 41.6 Å². The molecule has 0 bridgehead atoms. The molecule has 2 aliphatic heterocycles. The molecule has 0 aliphatic carbocycles. The summed E-state index contributed by atoms with van der Waals surface area (Å²) < 4.78 is 26.0. The van der Waals surface area contributed by atoms with Gasteiger partial charge in [0.2, 0.25) is 5.91 Å². The number of hydrogen-bond donors (Lipinski definition) is 3. The number of carbonyl (C=O) groups is 1. The van der Waals surface area contributed by atoms with Crippen molar-refractivity contribution in [3.63, 3.8) is 0 Å². The first kappa shape index (κ1) is 23.8. The number of rotatable bonds is 6. The quantitative estimate of drug-likeness (QED) is 0.586. The van der Waals surface area contributed by atoms with Crippen LogP contribution in [0, 0.1) is 11.7 Å². The molecule has 33 heavy (non-hydrogen) atoms. The number of ether oxygens (including phenoxy) is 2. The standard InChI is InChI=1S/C23H29ClFN5O3/c1-23(2)13-32-12-15(33-23)10-28-21-18(25)5-6-19(29-21)16-8-20(27-11-17(16)24)30-22(31)14-4-3-7-26-9-14/h5-6,8,11,14-15,26H,3-4,7,9-10,12-13H2,1-2H3,(H,28,29)(H,27,30,31)/t14-,15+/m1/s1. The fourth-order valence-electron chi connectivity index (χ4n) is 3.99. The molecule has 3 N–H and O–H groups in total. The molecule has 2 saturated heterocycles. The second-order valence-electron chi connectivity index (χ2n) is 9.00. The Balaban J connectivity index is 1.48. The van der Waals surface area contributed by atoms with Crippen molar-refractivity contribution in [3.8, 4) is 11.3 Å². The van der Waals surface area contributed by atoms with E-state index in [0.717, 1.165) is 19.4 Å². The maximum Gasteiger partial charge on any atom is 0.229 e. The first-order chi connectivity index (χ1) is 15.8. The van der Waals surface area contributed by atoms with E-state index in [1.54, 1.807) is 12.1 Å². The number of pyridine rings is 2. The van der Waals surface area contributed by atoms with Gasteiger partial charge in [0.25, 0.3) is 0 Å². The van der Waals surface area contributed by atoms with E-state index in [2.05, 4.69) is 25.9 Å². The lowest BCUT2D eigenvalue weighted by atomic mass is 9.99. The van der Waals surface area contributed by atoms with E-state index in [1.165, 1.54) is 12.3 Å². The molecule has 2 fully saturated rings. The van der Waals surface area contributed by atoms with Gasteiger partial charge < -0.3 is 25.4 Å². The molecule has 8 nitrogen and oxygen atoms in total. The monoisotopic (exact) mass is 477 g/mol. The fraction of sp³-hybridized carbons (Fsp3) is 0.522. The summed E-state index contributed by atoms with van der Waals surface area (Å²) in [4.78, 5) is 21.2. The highest BCUT2D eigenvalue weighted by molar-refractivity contribution is 6.33. The molecule has 4 heterocycles. The molecular weight excluding hydrogens is 449 g/mol. The number of piperidine rings is 1. The van der Waals surface area contributed by atoms with Gasteiger partial charge in [-0.3, -0.25) is 4.79 Å². The van der Waals surface area contributed by atoms with Gasteiger partial charge >= 0.3 is 0 Å². The van der Waals surface area contributed by atoms with Crippen molar-refractivity contribution in [3.05, 3.63) is 35.2 Å². The Labute approximate surface area is 197 Å². The third-order valence-electron chi connectivity index (χ3n) is 5.63. The van der Waals surface area contributed by atoms with Crippen LogP contribution in [0.1, 0.15) is 26.7 Å². The van der Waals surface area contributed by atoms with Crippen LogP contribution in [0.2, 0.25) is 5.02 Å². The van der Waals surface area contributed by atoms with Crippen molar-refractivity contribution in [2.24, 2.45) is 5.92 Å². The van der Waals surface area contributed by atoms with Crippen molar-refractivity contribution in [2.45, 2.75) is 38.4 Å². The van der Waals surface area contributed by atoms with Gasteiger partial charge in [0.15, 0.2) is 11.6 Å². The third kappa shape index (κ3) is 6.17. The van der Waals surface area contributed by atoms with Crippen molar-refractivity contribution in [2.75, 3.05) is 43.5 Å². The SMILES string of the molecule is CC1(C)COC[C@H](CNc2nc(-c3cc(NC(=O)[C@@H]4CCCNC4)ncc3Cl)ccc2F)O1. The lowest BCUT2D eigenvalue weighted by Crippen LogP contribution is -2.45. The summed E-state index contributed by atoms with van der Waals surface area (Å²) in [5.41, 5.74) is 0.616. The number of nitrogens with one attached hydrogen (secondary N) is 3. The van der Waals surface area contributed by atoms with Gasteiger partial charge in [0, 0.05) is 24.8 Å². The Kier molecular flexibility index (Phi) is 7.43. The summed E-state index contributed by atoms with van der Waals surface area (Å²) in [5.74, 6) is -0.213. The fourth-order valence-corrected chi connectivity index (χ4v) is 4.19. The van der Waals surface area contributed by atoms with Gasteiger partial charge in [-0.25, -0.2) is 14.4 Å². The molecule has 0 radical (unpaired) electrons. The number of aromatic nitrogens is 2. The van der Waals surface area contributed by atoms with E-state index < -0.39 is 11.4 Å². The van der Waals surface area contributed by atoms with Crippen LogP contribution in [-0.2, 0) is 14.3 Å². The van der Waals surface area contributed by atoms with Crippen LogP contribution in [-0.4, -0.2) is 60.4 Å². The topological polar surface area (TPSA) is 97.4 Å². The Bertz CT molecular complexity index is 1000. The van der Waals surface area contributed by atoms with E-state index in [1.807, 2.05) is 13.8 Å². The number of carbonyl (C=O) groups excluding carboxylic acids is 1. The largest absolute Gasteiger partial charge is 0.376 e. The highest BCUT2D eigenvalue weighted by Gasteiger charge is 2.29. The predicted octanol–water partition coefficient (Wildman–Crippen LogP) is 3.48. The molecule has 178 valence electrons. The zero-order chi connectivity index (χ0) is 23.4. The molecule has 0 aromatic carbocycles. The lowest BCUT2D eigenvalue weighted by Gasteiger charge is -2.36. The number of halogens is 2. The lowest BCUT2D eigenvalue weighted by molar-refractivity contribution is -0.177. The summed E-state index contributed by atoms with van der Waals surface area (Å²) >= 11 is 6.36. The summed E-state index contributed by atoms with van der Waals surface area (Å²) in [6.45, 7) is 6.76. The number of anilines is 2. The molecule has 2 atom stereocenters. The van der Waals surface area contributed by atoms with Gasteiger partial charge in [-0.1, -0.05) is 11.6 Å². The van der Waals surface area contributed by atoms with E-state index in [9.17, 15) is 9.18 Å². The van der Waals surface area contributed by atoms with E-state index in [4.69, 9.17) is 21.1 Å². The summed E-state index contributed by atoms with van der Waals surface area (Å²) in [7, 11) is 0. The second kappa shape index (κ2) is 10.3. The van der Waals surface area contributed by atoms with Crippen LogP contribution in [0.4, 0.5) is 16.0 Å². The second-order valence-corrected chi connectivity index (χ2v) is 9.41. The average molecular weight is 478 g/mol. The normalized spacial score (nSPS) is 22.5. The molecule has 2 aromatic rings. The molecule has 0 saturated carbocycles. The Morgan fingerprint density at radius 2 is 2.24 bits per heavy atom. The summed E-state index contributed by atoms with van der Waals surface area (Å²) in [5, 5.41) is 9.45. The van der Waals surface area contributed by atoms with Gasteiger partial charge in [0.1, 0.15) is 5.82 Å². The molecule has 1 amide bonds. The molecular formula is C23H29ClFN5O3. The van der Waals surface area contributed by atoms with Crippen molar-refractivity contribution < 1.29 is 18.7 Å². The summed E-state index contributed by atoms with van der Waals surface area (Å²) in [6, 6.07) is 4.53. The van der Waals surface area contributed by atoms with Crippen LogP contribution in [0.5, 0.6) is 0 Å². The zero-order valence-corrected chi connectivity index (χ0v) is 19.5. The van der Waals surface area contributed by atoms with E-state index in [-0.39, 0.29) is 23.7 Å². The first-order valence-electron chi connectivity index (χ1n) is 11.1. The third-order valence-corrected chi connectivity index (χ3v) is 5.93. The zero-order valence-electron chi connectivity index (χ0n) is 18.8. The number of amides is 1. The smallest absolute Gasteiger partial charge is 0.229 e. The van der Waals surface area contributed by atoms with Crippen molar-refractivity contribution in [1.82, 2.24) is 15.3 Å². The highest BCUT2D eigenvalue weighted by Crippen LogP contribution is 2.30. The molecule has 10 heteroatoms. The van der Waals surface area contributed by atoms with Crippen LogP contribution in [0.3, 0.4) is 0 Å². The molecule has 0 unspecified atom stereocenters. The van der Waals surface area contributed by atoms with Crippen LogP contribution >= 0.6 is 11.6 Å². The minimum Gasteiger partial charge on any atom is -0.376 e. The maximum absolute atomic E-state index is 14.4. The van der Waals surface area contributed by atoms with E-state index >= 15 is 0 Å². The van der Waals surface area contributed by atoms with Crippen molar-refractivity contribution in [1.29, 1.82) is 0 Å². The highest BCUT2D eigenvalue weighted by atomic mass is 35.5. The molecule has 2 aromatic heterocycles. The van der Waals surface area contributed by atoms with Crippen LogP contribution in [0.25, 0.3) is 11.3 Å². The number of nitrogens with zero attached hydrogens (tertiary/aromatic N) is 2. The minimum absolute atomic E-state index is 0.0879.